The molecule has 0 unspecified atom stereocenters. The number of rotatable bonds is 9. The smallest absolute Gasteiger partial charge is 0.330 e. The van der Waals surface area contributed by atoms with E-state index in [2.05, 4.69) is 16.9 Å². The molecule has 32 heavy (non-hydrogen) atoms. The van der Waals surface area contributed by atoms with Gasteiger partial charge in [0.05, 0.1) is 39.6 Å². The molecule has 0 spiro atoms. The number of fused-ring (bicyclic) bond motifs is 1. The van der Waals surface area contributed by atoms with Crippen LogP contribution in [-0.2, 0) is 22.6 Å². The summed E-state index contributed by atoms with van der Waals surface area (Å²) >= 11 is 0. The van der Waals surface area contributed by atoms with E-state index in [4.69, 9.17) is 18.9 Å². The standard InChI is InChI=1S/C23H30N4O5/c1-5-6-11-30-21-24-12-19-20(25-21)27(13-16-7-9-17(29-4)10-8-16)22(28)26(19)14-18-15-31-23(2,3)32-18/h7-10,12,18H,5-6,11,13-15H2,1-4H3/t18-/m1/s1. The first-order valence-electron chi connectivity index (χ1n) is 10.9. The van der Waals surface area contributed by atoms with Gasteiger partial charge in [-0.05, 0) is 38.0 Å². The monoisotopic (exact) mass is 442 g/mol. The quantitative estimate of drug-likeness (QED) is 0.471. The average molecular weight is 443 g/mol. The molecule has 3 heterocycles. The van der Waals surface area contributed by atoms with E-state index >= 15 is 0 Å². The number of aromatic nitrogens is 4. The summed E-state index contributed by atoms with van der Waals surface area (Å²) in [6.45, 7) is 7.50. The fourth-order valence-corrected chi connectivity index (χ4v) is 3.75. The van der Waals surface area contributed by atoms with Crippen molar-refractivity contribution < 1.29 is 18.9 Å². The zero-order valence-corrected chi connectivity index (χ0v) is 19.0. The Morgan fingerprint density at radius 1 is 1.22 bits per heavy atom. The van der Waals surface area contributed by atoms with Gasteiger partial charge < -0.3 is 18.9 Å². The molecule has 1 fully saturated rings. The summed E-state index contributed by atoms with van der Waals surface area (Å²) in [5, 5.41) is 0. The van der Waals surface area contributed by atoms with E-state index in [0.29, 0.717) is 37.5 Å². The molecule has 1 atom stereocenters. The van der Waals surface area contributed by atoms with E-state index in [1.54, 1.807) is 22.4 Å². The van der Waals surface area contributed by atoms with E-state index in [0.717, 1.165) is 24.2 Å². The van der Waals surface area contributed by atoms with Crippen molar-refractivity contribution in [2.75, 3.05) is 20.3 Å². The lowest BCUT2D eigenvalue weighted by Gasteiger charge is -2.17. The van der Waals surface area contributed by atoms with Crippen molar-refractivity contribution >= 4 is 11.2 Å². The molecule has 0 radical (unpaired) electrons. The molecule has 0 amide bonds. The number of nitrogens with zero attached hydrogens (tertiary/aromatic N) is 4. The predicted octanol–water partition coefficient (Wildman–Crippen LogP) is 2.98. The number of benzene rings is 1. The number of imidazole rings is 1. The Balaban J connectivity index is 1.70. The maximum Gasteiger partial charge on any atom is 0.330 e. The van der Waals surface area contributed by atoms with Crippen molar-refractivity contribution in [1.29, 1.82) is 0 Å². The second-order valence-electron chi connectivity index (χ2n) is 8.34. The van der Waals surface area contributed by atoms with Crippen molar-refractivity contribution in [3.63, 3.8) is 0 Å². The Kier molecular flexibility index (Phi) is 6.48. The first-order chi connectivity index (χ1) is 15.4. The summed E-state index contributed by atoms with van der Waals surface area (Å²) in [5.41, 5.74) is 1.95. The Hall–Kier alpha value is -2.91. The largest absolute Gasteiger partial charge is 0.497 e. The van der Waals surface area contributed by atoms with E-state index < -0.39 is 5.79 Å². The molecule has 1 saturated heterocycles. The Bertz CT molecular complexity index is 1120. The molecule has 9 heteroatoms. The third-order valence-corrected chi connectivity index (χ3v) is 5.42. The van der Waals surface area contributed by atoms with E-state index in [1.807, 2.05) is 38.1 Å². The minimum atomic E-state index is -0.660. The van der Waals surface area contributed by atoms with E-state index in [9.17, 15) is 4.79 Å². The van der Waals surface area contributed by atoms with Crippen molar-refractivity contribution in [2.45, 2.75) is 58.6 Å². The van der Waals surface area contributed by atoms with Gasteiger partial charge in [0, 0.05) is 0 Å². The highest BCUT2D eigenvalue weighted by Gasteiger charge is 2.33. The van der Waals surface area contributed by atoms with Crippen LogP contribution in [0.1, 0.15) is 39.2 Å². The summed E-state index contributed by atoms with van der Waals surface area (Å²) in [5.74, 6) is 0.102. The molecule has 172 valence electrons. The maximum absolute atomic E-state index is 13.4. The van der Waals surface area contributed by atoms with Gasteiger partial charge in [-0.25, -0.2) is 9.78 Å². The number of unbranched alkanes of at least 4 members (excludes halogenated alkanes) is 1. The molecule has 0 bridgehead atoms. The van der Waals surface area contributed by atoms with Crippen LogP contribution in [0.2, 0.25) is 0 Å². The molecule has 1 aromatic carbocycles. The van der Waals surface area contributed by atoms with Crippen LogP contribution in [0.4, 0.5) is 0 Å². The highest BCUT2D eigenvalue weighted by atomic mass is 16.7. The third-order valence-electron chi connectivity index (χ3n) is 5.42. The minimum Gasteiger partial charge on any atom is -0.497 e. The Morgan fingerprint density at radius 2 is 2.00 bits per heavy atom. The number of hydrogen-bond acceptors (Lipinski definition) is 7. The van der Waals surface area contributed by atoms with Crippen molar-refractivity contribution in [3.8, 4) is 11.8 Å². The van der Waals surface area contributed by atoms with E-state index in [-0.39, 0.29) is 17.8 Å². The fourth-order valence-electron chi connectivity index (χ4n) is 3.75. The molecule has 0 saturated carbocycles. The molecule has 9 nitrogen and oxygen atoms in total. The average Bonchev–Trinajstić information content (AvgIpc) is 3.25. The van der Waals surface area contributed by atoms with Gasteiger partial charge in [-0.2, -0.15) is 4.98 Å². The molecule has 4 rings (SSSR count). The van der Waals surface area contributed by atoms with Gasteiger partial charge >= 0.3 is 11.7 Å². The van der Waals surface area contributed by atoms with Gasteiger partial charge in [-0.1, -0.05) is 25.5 Å². The first kappa shape index (κ1) is 22.3. The Labute approximate surface area is 186 Å². The lowest BCUT2D eigenvalue weighted by atomic mass is 10.2. The van der Waals surface area contributed by atoms with Gasteiger partial charge in [0.2, 0.25) is 0 Å². The molecule has 1 aliphatic heterocycles. The minimum absolute atomic E-state index is 0.177. The van der Waals surface area contributed by atoms with Crippen LogP contribution in [0.3, 0.4) is 0 Å². The molecule has 1 aliphatic rings. The summed E-state index contributed by atoms with van der Waals surface area (Å²) in [7, 11) is 1.63. The summed E-state index contributed by atoms with van der Waals surface area (Å²) in [6, 6.07) is 7.89. The zero-order chi connectivity index (χ0) is 22.7. The molecular formula is C23H30N4O5. The van der Waals surface area contributed by atoms with Gasteiger partial charge in [-0.3, -0.25) is 9.13 Å². The summed E-state index contributed by atoms with van der Waals surface area (Å²) < 4.78 is 25.8. The third kappa shape index (κ3) is 4.78. The van der Waals surface area contributed by atoms with Crippen LogP contribution in [0.25, 0.3) is 11.2 Å². The second-order valence-corrected chi connectivity index (χ2v) is 8.34. The highest BCUT2D eigenvalue weighted by molar-refractivity contribution is 5.71. The number of hydrogen-bond donors (Lipinski definition) is 0. The topological polar surface area (TPSA) is 89.6 Å². The van der Waals surface area contributed by atoms with Gasteiger partial charge in [0.15, 0.2) is 11.4 Å². The summed E-state index contributed by atoms with van der Waals surface area (Å²) in [4.78, 5) is 22.3. The van der Waals surface area contributed by atoms with Gasteiger partial charge in [0.1, 0.15) is 17.4 Å². The van der Waals surface area contributed by atoms with Crippen LogP contribution in [0.15, 0.2) is 35.3 Å². The SMILES string of the molecule is CCCCOc1ncc2c(n1)n(Cc1ccc(OC)cc1)c(=O)n2C[C@@H]1COC(C)(C)O1. The highest BCUT2D eigenvalue weighted by Crippen LogP contribution is 2.24. The van der Waals surface area contributed by atoms with Gasteiger partial charge in [-0.15, -0.1) is 0 Å². The zero-order valence-electron chi connectivity index (χ0n) is 19.0. The molecule has 0 N–H and O–H groups in total. The normalized spacial score (nSPS) is 17.7. The molecular weight excluding hydrogens is 412 g/mol. The second kappa shape index (κ2) is 9.30. The molecule has 2 aromatic heterocycles. The molecule has 3 aromatic rings. The van der Waals surface area contributed by atoms with Crippen molar-refractivity contribution in [1.82, 2.24) is 19.1 Å². The van der Waals surface area contributed by atoms with Crippen LogP contribution < -0.4 is 15.2 Å². The van der Waals surface area contributed by atoms with Gasteiger partial charge in [0.25, 0.3) is 0 Å². The predicted molar refractivity (Wildman–Crippen MR) is 119 cm³/mol. The molecule has 0 aliphatic carbocycles. The van der Waals surface area contributed by atoms with Crippen LogP contribution in [-0.4, -0.2) is 51.3 Å². The number of ether oxygens (including phenoxy) is 4. The fraction of sp³-hybridized carbons (Fsp3) is 0.522. The van der Waals surface area contributed by atoms with Crippen LogP contribution >= 0.6 is 0 Å². The van der Waals surface area contributed by atoms with Crippen LogP contribution in [0, 0.1) is 0 Å². The Morgan fingerprint density at radius 3 is 2.66 bits per heavy atom. The maximum atomic E-state index is 13.4. The lowest BCUT2D eigenvalue weighted by Crippen LogP contribution is -2.31. The number of methoxy groups -OCH3 is 1. The first-order valence-corrected chi connectivity index (χ1v) is 10.9. The summed E-state index contributed by atoms with van der Waals surface area (Å²) in [6.07, 6.45) is 3.34. The van der Waals surface area contributed by atoms with Crippen LogP contribution in [0.5, 0.6) is 11.8 Å². The van der Waals surface area contributed by atoms with Crippen molar-refractivity contribution in [2.24, 2.45) is 0 Å². The van der Waals surface area contributed by atoms with E-state index in [1.165, 1.54) is 0 Å². The van der Waals surface area contributed by atoms with Crippen molar-refractivity contribution in [3.05, 3.63) is 46.5 Å². The lowest BCUT2D eigenvalue weighted by molar-refractivity contribution is -0.139.